The smallest absolute Gasteiger partial charge is 0.339 e. The van der Waals surface area contributed by atoms with E-state index < -0.39 is 5.97 Å². The molecule has 0 spiro atoms. The molecule has 15 heavy (non-hydrogen) atoms. The molecule has 0 unspecified atom stereocenters. The number of hydrogen-bond donors (Lipinski definition) is 2. The van der Waals surface area contributed by atoms with E-state index >= 15 is 0 Å². The molecular weight excluding hydrogens is 353 g/mol. The summed E-state index contributed by atoms with van der Waals surface area (Å²) in [6.45, 7) is 0. The zero-order valence-electron chi connectivity index (χ0n) is 7.05. The van der Waals surface area contributed by atoms with Gasteiger partial charge in [-0.3, -0.25) is 4.79 Å². The molecule has 0 aliphatic carbocycles. The molecule has 0 atom stereocenters. The fourth-order valence-corrected chi connectivity index (χ4v) is 2.50. The van der Waals surface area contributed by atoms with Gasteiger partial charge < -0.3 is 10.4 Å². The van der Waals surface area contributed by atoms with Crippen LogP contribution < -0.4 is 5.32 Å². The molecule has 0 radical (unpaired) electrons. The van der Waals surface area contributed by atoms with Crippen LogP contribution in [0.25, 0.3) is 0 Å². The number of amides is 1. The molecule has 80 valence electrons. The van der Waals surface area contributed by atoms with Crippen molar-refractivity contribution in [3.63, 3.8) is 0 Å². The average molecular weight is 357 g/mol. The summed E-state index contributed by atoms with van der Waals surface area (Å²) in [5.74, 6) is -1.22. The van der Waals surface area contributed by atoms with Crippen LogP contribution in [0.1, 0.15) is 10.4 Å². The number of halogens is 3. The molecule has 0 saturated heterocycles. The van der Waals surface area contributed by atoms with Crippen molar-refractivity contribution in [2.45, 2.75) is 0 Å². The van der Waals surface area contributed by atoms with E-state index in [0.29, 0.717) is 15.4 Å². The molecule has 0 heterocycles. The normalized spacial score (nSPS) is 9.80. The van der Waals surface area contributed by atoms with Crippen molar-refractivity contribution in [2.24, 2.45) is 0 Å². The zero-order valence-corrected chi connectivity index (χ0v) is 11.0. The second-order valence-electron chi connectivity index (χ2n) is 2.47. The fraction of sp³-hybridized carbons (Fsp3) is 0. The maximum atomic E-state index is 10.9. The van der Waals surface area contributed by atoms with E-state index in [9.17, 15) is 9.59 Å². The molecular formula is C8H4Br2ClNO3. The van der Waals surface area contributed by atoms with Crippen molar-refractivity contribution in [1.82, 2.24) is 0 Å². The number of carbonyl (C=O) groups excluding carboxylic acids is 1. The van der Waals surface area contributed by atoms with Crippen molar-refractivity contribution in [3.05, 3.63) is 25.6 Å². The van der Waals surface area contributed by atoms with Gasteiger partial charge in [0.05, 0.1) is 10.7 Å². The highest BCUT2D eigenvalue weighted by molar-refractivity contribution is 9.11. The third-order valence-corrected chi connectivity index (χ3v) is 3.46. The van der Waals surface area contributed by atoms with Gasteiger partial charge in [-0.25, -0.2) is 4.79 Å². The first kappa shape index (κ1) is 12.5. The Labute approximate surface area is 107 Å². The van der Waals surface area contributed by atoms with Gasteiger partial charge >= 0.3 is 5.97 Å². The van der Waals surface area contributed by atoms with E-state index in [2.05, 4.69) is 37.2 Å². The molecule has 1 rings (SSSR count). The molecule has 0 aromatic heterocycles. The number of nitrogens with one attached hydrogen (secondary N) is 1. The standard InChI is InChI=1S/C8H4Br2ClNO3/c9-3-1-4(10)7(12-2-13)5(6(3)11)8(14)15/h1-2H,(H,12,13)(H,14,15). The van der Waals surface area contributed by atoms with Gasteiger partial charge in [0.15, 0.2) is 0 Å². The van der Waals surface area contributed by atoms with Crippen molar-refractivity contribution in [3.8, 4) is 0 Å². The second-order valence-corrected chi connectivity index (χ2v) is 4.56. The van der Waals surface area contributed by atoms with Gasteiger partial charge in [0.1, 0.15) is 5.56 Å². The molecule has 0 aliphatic rings. The molecule has 2 N–H and O–H groups in total. The predicted octanol–water partition coefficient (Wildman–Crippen LogP) is 3.13. The number of carboxylic acids is 1. The largest absolute Gasteiger partial charge is 0.478 e. The lowest BCUT2D eigenvalue weighted by Crippen LogP contribution is -2.06. The van der Waals surface area contributed by atoms with Gasteiger partial charge in [0.2, 0.25) is 6.41 Å². The van der Waals surface area contributed by atoms with E-state index in [1.165, 1.54) is 0 Å². The van der Waals surface area contributed by atoms with Crippen LogP contribution in [0.4, 0.5) is 5.69 Å². The summed E-state index contributed by atoms with van der Waals surface area (Å²) in [4.78, 5) is 21.3. The Balaban J connectivity index is 3.53. The van der Waals surface area contributed by atoms with Crippen LogP contribution in [-0.4, -0.2) is 17.5 Å². The summed E-state index contributed by atoms with van der Waals surface area (Å²) >= 11 is 12.0. The summed E-state index contributed by atoms with van der Waals surface area (Å²) in [6.07, 6.45) is 0.386. The predicted molar refractivity (Wildman–Crippen MR) is 63.5 cm³/mol. The minimum atomic E-state index is -1.22. The number of aromatic carboxylic acids is 1. The molecule has 0 aliphatic heterocycles. The highest BCUT2D eigenvalue weighted by Crippen LogP contribution is 2.37. The lowest BCUT2D eigenvalue weighted by Gasteiger charge is -2.10. The summed E-state index contributed by atoms with van der Waals surface area (Å²) in [7, 11) is 0. The second kappa shape index (κ2) is 4.96. The first-order valence-corrected chi connectivity index (χ1v) is 5.56. The number of benzene rings is 1. The lowest BCUT2D eigenvalue weighted by atomic mass is 10.2. The quantitative estimate of drug-likeness (QED) is 0.645. The van der Waals surface area contributed by atoms with Crippen molar-refractivity contribution in [2.75, 3.05) is 5.32 Å². The monoisotopic (exact) mass is 355 g/mol. The fourth-order valence-electron chi connectivity index (χ4n) is 0.996. The van der Waals surface area contributed by atoms with Crippen LogP contribution in [0, 0.1) is 0 Å². The number of anilines is 1. The third-order valence-electron chi connectivity index (χ3n) is 1.59. The van der Waals surface area contributed by atoms with Gasteiger partial charge in [-0.2, -0.15) is 0 Å². The van der Waals surface area contributed by atoms with Crippen LogP contribution in [0.2, 0.25) is 5.02 Å². The lowest BCUT2D eigenvalue weighted by molar-refractivity contribution is -0.105. The highest BCUT2D eigenvalue weighted by Gasteiger charge is 2.20. The minimum Gasteiger partial charge on any atom is -0.478 e. The van der Waals surface area contributed by atoms with Crippen LogP contribution in [0.3, 0.4) is 0 Å². The highest BCUT2D eigenvalue weighted by atomic mass is 79.9. The number of rotatable bonds is 3. The molecule has 0 saturated carbocycles. The molecule has 4 nitrogen and oxygen atoms in total. The summed E-state index contributed by atoms with van der Waals surface area (Å²) in [6, 6.07) is 1.56. The Kier molecular flexibility index (Phi) is 4.12. The number of carbonyl (C=O) groups is 2. The topological polar surface area (TPSA) is 66.4 Å². The Morgan fingerprint density at radius 3 is 2.53 bits per heavy atom. The van der Waals surface area contributed by atoms with Crippen LogP contribution in [-0.2, 0) is 4.79 Å². The molecule has 0 bridgehead atoms. The van der Waals surface area contributed by atoms with Gasteiger partial charge in [0, 0.05) is 8.95 Å². The Morgan fingerprint density at radius 1 is 1.47 bits per heavy atom. The van der Waals surface area contributed by atoms with Gasteiger partial charge in [-0.1, -0.05) is 11.6 Å². The van der Waals surface area contributed by atoms with Crippen LogP contribution in [0.5, 0.6) is 0 Å². The molecule has 1 amide bonds. The summed E-state index contributed by atoms with van der Waals surface area (Å²) in [5, 5.41) is 11.3. The van der Waals surface area contributed by atoms with E-state index in [1.807, 2.05) is 0 Å². The van der Waals surface area contributed by atoms with E-state index in [-0.39, 0.29) is 16.3 Å². The maximum Gasteiger partial charge on any atom is 0.339 e. The van der Waals surface area contributed by atoms with Crippen LogP contribution >= 0.6 is 43.5 Å². The van der Waals surface area contributed by atoms with Gasteiger partial charge in [-0.05, 0) is 37.9 Å². The van der Waals surface area contributed by atoms with Gasteiger partial charge in [-0.15, -0.1) is 0 Å². The zero-order chi connectivity index (χ0) is 11.6. The third kappa shape index (κ3) is 2.50. The van der Waals surface area contributed by atoms with Crippen LogP contribution in [0.15, 0.2) is 15.0 Å². The molecule has 0 fully saturated rings. The summed E-state index contributed by atoms with van der Waals surface area (Å²) < 4.78 is 0.869. The van der Waals surface area contributed by atoms with Crippen molar-refractivity contribution in [1.29, 1.82) is 0 Å². The Bertz CT molecular complexity index is 436. The maximum absolute atomic E-state index is 10.9. The van der Waals surface area contributed by atoms with E-state index in [1.54, 1.807) is 6.07 Å². The SMILES string of the molecule is O=CNc1c(Br)cc(Br)c(Cl)c1C(=O)O. The number of hydrogen-bond acceptors (Lipinski definition) is 2. The molecule has 1 aromatic rings. The van der Waals surface area contributed by atoms with E-state index in [0.717, 1.165) is 0 Å². The minimum absolute atomic E-state index is 0.0371. The average Bonchev–Trinajstić information content (AvgIpc) is 2.14. The Morgan fingerprint density at radius 2 is 2.07 bits per heavy atom. The first-order chi connectivity index (χ1) is 6.99. The van der Waals surface area contributed by atoms with Crippen molar-refractivity contribution < 1.29 is 14.7 Å². The molecule has 1 aromatic carbocycles. The Hall–Kier alpha value is -0.590. The van der Waals surface area contributed by atoms with Gasteiger partial charge in [0.25, 0.3) is 0 Å². The molecule has 7 heteroatoms. The number of carboxylic acid groups (broad SMARTS) is 1. The van der Waals surface area contributed by atoms with E-state index in [4.69, 9.17) is 16.7 Å². The summed E-state index contributed by atoms with van der Waals surface area (Å²) in [5.41, 5.74) is -0.0317. The van der Waals surface area contributed by atoms with Crippen molar-refractivity contribution >= 4 is 61.5 Å². The first-order valence-electron chi connectivity index (χ1n) is 3.60.